The zero-order chi connectivity index (χ0) is 14.1. The number of hydrogen-bond acceptors (Lipinski definition) is 4. The molecular formula is C12H16Br2CuN8. The van der Waals surface area contributed by atoms with Crippen LogP contribution in [0.4, 0.5) is 0 Å². The first-order chi connectivity index (χ1) is 10.0. The third kappa shape index (κ3) is 20.3. The maximum absolute atomic E-state index is 3.67. The van der Waals surface area contributed by atoms with Crippen molar-refractivity contribution in [3.8, 4) is 0 Å². The fraction of sp³-hybridized carbons (Fsp3) is 0. The first kappa shape index (κ1) is 26.2. The summed E-state index contributed by atoms with van der Waals surface area (Å²) in [6.07, 6.45) is 20.3. The minimum atomic E-state index is 0. The summed E-state index contributed by atoms with van der Waals surface area (Å²) in [7, 11) is 0. The molecule has 0 aromatic carbocycles. The molecule has 4 heterocycles. The summed E-state index contributed by atoms with van der Waals surface area (Å²) in [5, 5.41) is 0. The summed E-state index contributed by atoms with van der Waals surface area (Å²) in [5.74, 6) is 0. The molecule has 8 nitrogen and oxygen atoms in total. The molecule has 11 heteroatoms. The van der Waals surface area contributed by atoms with Crippen molar-refractivity contribution in [2.45, 2.75) is 0 Å². The average Bonchev–Trinajstić information content (AvgIpc) is 3.40. The third-order valence-corrected chi connectivity index (χ3v) is 1.62. The van der Waals surface area contributed by atoms with Gasteiger partial charge in [-0.15, -0.1) is 0 Å². The maximum Gasteiger partial charge on any atom is 2.00 e. The van der Waals surface area contributed by atoms with E-state index in [0.29, 0.717) is 0 Å². The second-order valence-corrected chi connectivity index (χ2v) is 3.04. The van der Waals surface area contributed by atoms with Crippen LogP contribution in [0.3, 0.4) is 0 Å². The number of H-pyrrole nitrogens is 4. The Labute approximate surface area is 165 Å². The van der Waals surface area contributed by atoms with Crippen LogP contribution < -0.4 is 34.0 Å². The molecule has 4 N–H and O–H groups in total. The largest absolute Gasteiger partial charge is 2.00 e. The molecule has 0 unspecified atom stereocenters. The van der Waals surface area contributed by atoms with Gasteiger partial charge in [0, 0.05) is 49.6 Å². The van der Waals surface area contributed by atoms with Crippen LogP contribution in [-0.2, 0) is 17.1 Å². The monoisotopic (exact) mass is 493 g/mol. The number of nitrogens with one attached hydrogen (secondary N) is 4. The van der Waals surface area contributed by atoms with E-state index >= 15 is 0 Å². The number of rotatable bonds is 0. The SMILES string of the molecule is [Br-].[Br-].[Cu+2].c1c[nH]cn1.c1c[nH]cn1.c1c[nH]cn1.c1c[nH]cn1. The van der Waals surface area contributed by atoms with Crippen LogP contribution in [0.1, 0.15) is 0 Å². The van der Waals surface area contributed by atoms with Gasteiger partial charge in [0.1, 0.15) is 0 Å². The molecule has 1 radical (unpaired) electrons. The van der Waals surface area contributed by atoms with E-state index in [4.69, 9.17) is 0 Å². The van der Waals surface area contributed by atoms with Gasteiger partial charge < -0.3 is 53.9 Å². The van der Waals surface area contributed by atoms with E-state index in [0.717, 1.165) is 0 Å². The van der Waals surface area contributed by atoms with Crippen molar-refractivity contribution in [3.05, 3.63) is 74.9 Å². The van der Waals surface area contributed by atoms with E-state index in [1.165, 1.54) is 0 Å². The second-order valence-electron chi connectivity index (χ2n) is 3.04. The molecule has 0 aliphatic carbocycles. The fourth-order valence-electron chi connectivity index (χ4n) is 0.861. The smallest absolute Gasteiger partial charge is 1.00 e. The van der Waals surface area contributed by atoms with E-state index < -0.39 is 0 Å². The minimum Gasteiger partial charge on any atom is -1.00 e. The number of nitrogens with zero attached hydrogens (tertiary/aromatic N) is 4. The average molecular weight is 496 g/mol. The Kier molecular flexibility index (Phi) is 25.8. The molecule has 0 aliphatic heterocycles. The quantitative estimate of drug-likeness (QED) is 0.185. The van der Waals surface area contributed by atoms with E-state index in [1.54, 1.807) is 74.9 Å². The fourth-order valence-corrected chi connectivity index (χ4v) is 0.861. The Morgan fingerprint density at radius 3 is 0.696 bits per heavy atom. The van der Waals surface area contributed by atoms with Crippen LogP contribution in [-0.4, -0.2) is 39.9 Å². The number of aromatic amines is 4. The van der Waals surface area contributed by atoms with Gasteiger partial charge in [-0.1, -0.05) is 0 Å². The van der Waals surface area contributed by atoms with Crippen molar-refractivity contribution in [2.75, 3.05) is 0 Å². The molecule has 0 aliphatic rings. The van der Waals surface area contributed by atoms with E-state index in [1.807, 2.05) is 0 Å². The van der Waals surface area contributed by atoms with Crippen molar-refractivity contribution in [2.24, 2.45) is 0 Å². The molecule has 0 saturated carbocycles. The summed E-state index contributed by atoms with van der Waals surface area (Å²) < 4.78 is 0. The van der Waals surface area contributed by atoms with Crippen LogP contribution in [0.2, 0.25) is 0 Å². The van der Waals surface area contributed by atoms with Gasteiger partial charge in [0.05, 0.1) is 25.3 Å². The van der Waals surface area contributed by atoms with Gasteiger partial charge in [-0.2, -0.15) is 0 Å². The predicted molar refractivity (Wildman–Crippen MR) is 74.4 cm³/mol. The van der Waals surface area contributed by atoms with E-state index in [-0.39, 0.29) is 51.0 Å². The van der Waals surface area contributed by atoms with Crippen molar-refractivity contribution >= 4 is 0 Å². The maximum atomic E-state index is 3.67. The van der Waals surface area contributed by atoms with Gasteiger partial charge >= 0.3 is 17.1 Å². The summed E-state index contributed by atoms with van der Waals surface area (Å²) in [6, 6.07) is 0. The van der Waals surface area contributed by atoms with E-state index in [2.05, 4.69) is 39.9 Å². The van der Waals surface area contributed by atoms with Gasteiger partial charge in [-0.25, -0.2) is 19.9 Å². The molecule has 0 atom stereocenters. The van der Waals surface area contributed by atoms with Gasteiger partial charge in [-0.3, -0.25) is 0 Å². The van der Waals surface area contributed by atoms with Crippen LogP contribution >= 0.6 is 0 Å². The Morgan fingerprint density at radius 2 is 0.652 bits per heavy atom. The molecule has 0 fully saturated rings. The van der Waals surface area contributed by atoms with Crippen LogP contribution in [0, 0.1) is 0 Å². The molecule has 0 spiro atoms. The van der Waals surface area contributed by atoms with Gasteiger partial charge in [0.15, 0.2) is 0 Å². The summed E-state index contributed by atoms with van der Waals surface area (Å²) >= 11 is 0. The van der Waals surface area contributed by atoms with Gasteiger partial charge in [0.25, 0.3) is 0 Å². The first-order valence-electron chi connectivity index (χ1n) is 5.71. The van der Waals surface area contributed by atoms with Gasteiger partial charge in [0.2, 0.25) is 0 Å². The summed E-state index contributed by atoms with van der Waals surface area (Å²) in [6.45, 7) is 0. The zero-order valence-corrected chi connectivity index (χ0v) is 15.9. The molecule has 23 heavy (non-hydrogen) atoms. The summed E-state index contributed by atoms with van der Waals surface area (Å²) in [4.78, 5) is 25.7. The Balaban J connectivity index is -0.000000222. The number of imidazole rings is 4. The molecule has 0 bridgehead atoms. The number of aromatic nitrogens is 8. The normalized spacial score (nSPS) is 6.96. The van der Waals surface area contributed by atoms with Crippen LogP contribution in [0.5, 0.6) is 0 Å². The predicted octanol–water partition coefficient (Wildman–Crippen LogP) is -4.36. The Hall–Kier alpha value is -1.68. The molecular weight excluding hydrogens is 480 g/mol. The third-order valence-electron chi connectivity index (χ3n) is 1.62. The molecule has 4 aromatic rings. The topological polar surface area (TPSA) is 115 Å². The summed E-state index contributed by atoms with van der Waals surface area (Å²) in [5.41, 5.74) is 0. The van der Waals surface area contributed by atoms with Crippen molar-refractivity contribution in [3.63, 3.8) is 0 Å². The molecule has 4 rings (SSSR count). The van der Waals surface area contributed by atoms with E-state index in [9.17, 15) is 0 Å². The van der Waals surface area contributed by atoms with Crippen molar-refractivity contribution in [1.82, 2.24) is 39.9 Å². The molecule has 4 aromatic heterocycles. The first-order valence-corrected chi connectivity index (χ1v) is 5.71. The minimum absolute atomic E-state index is 0. The molecule has 0 amide bonds. The van der Waals surface area contributed by atoms with Gasteiger partial charge in [-0.05, 0) is 0 Å². The molecule has 129 valence electrons. The van der Waals surface area contributed by atoms with Crippen molar-refractivity contribution < 1.29 is 51.0 Å². The standard InChI is InChI=1S/4C3H4N2.2BrH.Cu/c4*1-2-5-3-4-1;;;/h4*1-3H,(H,4,5);2*1H;/q;;;;;;+2/p-2. The molecule has 0 saturated heterocycles. The Bertz CT molecular complexity index is 366. The zero-order valence-electron chi connectivity index (χ0n) is 11.8. The van der Waals surface area contributed by atoms with Crippen molar-refractivity contribution in [1.29, 1.82) is 0 Å². The number of halogens is 2. The second kappa shape index (κ2) is 22.6. The van der Waals surface area contributed by atoms with Crippen LogP contribution in [0.25, 0.3) is 0 Å². The van der Waals surface area contributed by atoms with Crippen LogP contribution in [0.15, 0.2) is 74.9 Å². The number of hydrogen-bond donors (Lipinski definition) is 4. The Morgan fingerprint density at radius 1 is 0.435 bits per heavy atom.